The number of carbonyl (C=O) groups is 1. The molecule has 1 heterocycles. The Hall–Kier alpha value is -3.15. The lowest BCUT2D eigenvalue weighted by Crippen LogP contribution is -2.17. The van der Waals surface area contributed by atoms with Crippen molar-refractivity contribution in [2.24, 2.45) is 0 Å². The highest BCUT2D eigenvalue weighted by Gasteiger charge is 2.30. The van der Waals surface area contributed by atoms with Crippen LogP contribution in [-0.4, -0.2) is 10.9 Å². The number of rotatable bonds is 3. The molecule has 3 rings (SSSR count). The van der Waals surface area contributed by atoms with Crippen molar-refractivity contribution in [2.45, 2.75) is 19.8 Å². The van der Waals surface area contributed by atoms with Gasteiger partial charge >= 0.3 is 5.97 Å². The van der Waals surface area contributed by atoms with E-state index in [4.69, 9.17) is 9.47 Å². The zero-order valence-corrected chi connectivity index (χ0v) is 13.2. The van der Waals surface area contributed by atoms with E-state index < -0.39 is 10.9 Å². The molecule has 122 valence electrons. The van der Waals surface area contributed by atoms with Crippen molar-refractivity contribution in [3.63, 3.8) is 0 Å². The van der Waals surface area contributed by atoms with Crippen LogP contribution in [0.15, 0.2) is 54.3 Å². The average Bonchev–Trinajstić information content (AvgIpc) is 2.57. The van der Waals surface area contributed by atoms with E-state index in [1.165, 1.54) is 19.1 Å². The lowest BCUT2D eigenvalue weighted by Gasteiger charge is -2.27. The number of benzene rings is 2. The summed E-state index contributed by atoms with van der Waals surface area (Å²) in [4.78, 5) is 21.8. The molecule has 0 aliphatic carbocycles. The van der Waals surface area contributed by atoms with Gasteiger partial charge in [-0.2, -0.15) is 0 Å². The van der Waals surface area contributed by atoms with Crippen LogP contribution in [0.4, 0.5) is 5.69 Å². The van der Waals surface area contributed by atoms with Gasteiger partial charge in [-0.1, -0.05) is 25.1 Å². The molecule has 1 unspecified atom stereocenters. The van der Waals surface area contributed by atoms with Crippen molar-refractivity contribution in [3.8, 4) is 5.75 Å². The third-order valence-electron chi connectivity index (χ3n) is 3.81. The van der Waals surface area contributed by atoms with Crippen molar-refractivity contribution in [1.29, 1.82) is 0 Å². The van der Waals surface area contributed by atoms with Crippen LogP contribution in [0.25, 0.3) is 5.76 Å². The number of nitro groups is 1. The van der Waals surface area contributed by atoms with Crippen molar-refractivity contribution in [3.05, 3.63) is 75.5 Å². The lowest BCUT2D eigenvalue weighted by molar-refractivity contribution is -0.384. The number of carbonyl (C=O) groups excluding carboxylic acids is 1. The molecule has 1 aliphatic rings. The molecule has 2 aromatic rings. The quantitative estimate of drug-likeness (QED) is 0.484. The molecule has 0 bridgehead atoms. The molecular formula is C18H15NO5. The molecule has 6 nitrogen and oxygen atoms in total. The van der Waals surface area contributed by atoms with E-state index in [2.05, 4.69) is 0 Å². The van der Waals surface area contributed by atoms with Crippen LogP contribution in [0, 0.1) is 10.1 Å². The second kappa shape index (κ2) is 6.16. The largest absolute Gasteiger partial charge is 0.453 e. The topological polar surface area (TPSA) is 78.7 Å². The third kappa shape index (κ3) is 2.86. The van der Waals surface area contributed by atoms with Crippen molar-refractivity contribution in [2.75, 3.05) is 0 Å². The minimum Gasteiger partial charge on any atom is -0.453 e. The summed E-state index contributed by atoms with van der Waals surface area (Å²) in [5, 5.41) is 10.8. The number of hydrogen-bond acceptors (Lipinski definition) is 5. The fourth-order valence-corrected chi connectivity index (χ4v) is 2.65. The molecule has 0 amide bonds. The van der Waals surface area contributed by atoms with Gasteiger partial charge in [0.1, 0.15) is 5.75 Å². The maximum Gasteiger partial charge on any atom is 0.307 e. The Balaban J connectivity index is 2.09. The maximum absolute atomic E-state index is 11.5. The zero-order chi connectivity index (χ0) is 17.3. The first-order valence-electron chi connectivity index (χ1n) is 7.41. The number of hydrogen-bond donors (Lipinski definition) is 0. The third-order valence-corrected chi connectivity index (χ3v) is 3.81. The number of allylic oxidation sites excluding steroid dienone is 1. The van der Waals surface area contributed by atoms with Gasteiger partial charge in [-0.15, -0.1) is 0 Å². The Morgan fingerprint density at radius 1 is 1.17 bits per heavy atom. The Bertz CT molecular complexity index is 839. The molecule has 0 spiro atoms. The second-order valence-electron chi connectivity index (χ2n) is 5.45. The average molecular weight is 325 g/mol. The van der Waals surface area contributed by atoms with E-state index in [9.17, 15) is 14.9 Å². The summed E-state index contributed by atoms with van der Waals surface area (Å²) in [6.45, 7) is 3.25. The van der Waals surface area contributed by atoms with E-state index in [0.717, 1.165) is 5.56 Å². The van der Waals surface area contributed by atoms with Crippen molar-refractivity contribution < 1.29 is 19.2 Å². The number of fused-ring (bicyclic) bond motifs is 1. The minimum absolute atomic E-state index is 0.0161. The van der Waals surface area contributed by atoms with Crippen molar-refractivity contribution in [1.82, 2.24) is 0 Å². The van der Waals surface area contributed by atoms with Gasteiger partial charge in [-0.05, 0) is 18.2 Å². The molecule has 2 aromatic carbocycles. The Morgan fingerprint density at radius 3 is 2.46 bits per heavy atom. The number of ether oxygens (including phenoxy) is 2. The number of nitro benzene ring substituents is 1. The van der Waals surface area contributed by atoms with Gasteiger partial charge in [0.2, 0.25) is 0 Å². The normalized spacial score (nSPS) is 16.2. The molecule has 6 heteroatoms. The molecule has 1 atom stereocenters. The summed E-state index contributed by atoms with van der Waals surface area (Å²) in [6, 6.07) is 13.4. The van der Waals surface area contributed by atoms with Gasteiger partial charge in [-0.25, -0.2) is 0 Å². The summed E-state index contributed by atoms with van der Waals surface area (Å²) < 4.78 is 11.3. The van der Waals surface area contributed by atoms with E-state index in [1.54, 1.807) is 12.1 Å². The first-order valence-corrected chi connectivity index (χ1v) is 7.41. The van der Waals surface area contributed by atoms with Gasteiger partial charge in [0.15, 0.2) is 11.5 Å². The van der Waals surface area contributed by atoms with Gasteiger partial charge in [-0.3, -0.25) is 14.9 Å². The van der Waals surface area contributed by atoms with Gasteiger partial charge in [0.05, 0.1) is 4.92 Å². The highest BCUT2D eigenvalue weighted by molar-refractivity contribution is 5.74. The molecule has 0 saturated carbocycles. The first kappa shape index (κ1) is 15.7. The van der Waals surface area contributed by atoms with Crippen LogP contribution in [-0.2, 0) is 9.53 Å². The molecule has 24 heavy (non-hydrogen) atoms. The molecule has 0 saturated heterocycles. The monoisotopic (exact) mass is 325 g/mol. The Morgan fingerprint density at radius 2 is 1.83 bits per heavy atom. The summed E-state index contributed by atoms with van der Waals surface area (Å²) in [6.07, 6.45) is 0. The molecule has 0 N–H and O–H groups in total. The zero-order valence-electron chi connectivity index (χ0n) is 13.2. The number of esters is 1. The SMILES string of the molecule is CC(=O)OC1=C(c2ccc([N+](=O)[O-])cc2)Oc2ccccc2C1C. The predicted molar refractivity (Wildman–Crippen MR) is 87.3 cm³/mol. The molecule has 0 radical (unpaired) electrons. The number of non-ortho nitro benzene ring substituents is 1. The highest BCUT2D eigenvalue weighted by Crippen LogP contribution is 2.42. The van der Waals surface area contributed by atoms with Gasteiger partial charge < -0.3 is 9.47 Å². The van der Waals surface area contributed by atoms with Crippen LogP contribution < -0.4 is 4.74 Å². The van der Waals surface area contributed by atoms with E-state index in [0.29, 0.717) is 22.8 Å². The summed E-state index contributed by atoms with van der Waals surface area (Å²) in [7, 11) is 0. The summed E-state index contributed by atoms with van der Waals surface area (Å²) >= 11 is 0. The lowest BCUT2D eigenvalue weighted by atomic mass is 9.93. The minimum atomic E-state index is -0.467. The maximum atomic E-state index is 11.5. The first-order chi connectivity index (χ1) is 11.5. The van der Waals surface area contributed by atoms with Crippen LogP contribution in [0.3, 0.4) is 0 Å². The fraction of sp³-hybridized carbons (Fsp3) is 0.167. The molecule has 0 fully saturated rings. The predicted octanol–water partition coefficient (Wildman–Crippen LogP) is 4.02. The van der Waals surface area contributed by atoms with Crippen LogP contribution in [0.1, 0.15) is 30.9 Å². The van der Waals surface area contributed by atoms with Gasteiger partial charge in [0.25, 0.3) is 5.69 Å². The summed E-state index contributed by atoms with van der Waals surface area (Å²) in [5.41, 5.74) is 1.51. The number of para-hydroxylation sites is 1. The molecular weight excluding hydrogens is 310 g/mol. The second-order valence-corrected chi connectivity index (χ2v) is 5.45. The Kier molecular flexibility index (Phi) is 4.04. The Labute approximate surface area is 138 Å². The fourth-order valence-electron chi connectivity index (χ4n) is 2.65. The smallest absolute Gasteiger partial charge is 0.307 e. The molecule has 0 aromatic heterocycles. The number of nitrogens with zero attached hydrogens (tertiary/aromatic N) is 1. The standard InChI is InChI=1S/C18H15NO5/c1-11-15-5-3-4-6-16(15)24-18(17(11)23-12(2)20)13-7-9-14(10-8-13)19(21)22/h3-11H,1-2H3. The highest BCUT2D eigenvalue weighted by atomic mass is 16.6. The van der Waals surface area contributed by atoms with Crippen molar-refractivity contribution >= 4 is 17.4 Å². The van der Waals surface area contributed by atoms with E-state index in [1.807, 2.05) is 31.2 Å². The van der Waals surface area contributed by atoms with Crippen LogP contribution in [0.5, 0.6) is 5.75 Å². The van der Waals surface area contributed by atoms with E-state index in [-0.39, 0.29) is 11.6 Å². The van der Waals surface area contributed by atoms with Gasteiger partial charge in [0, 0.05) is 36.1 Å². The molecule has 1 aliphatic heterocycles. The summed E-state index contributed by atoms with van der Waals surface area (Å²) in [5.74, 6) is 0.846. The van der Waals surface area contributed by atoms with Crippen LogP contribution >= 0.6 is 0 Å². The van der Waals surface area contributed by atoms with E-state index >= 15 is 0 Å². The van der Waals surface area contributed by atoms with Crippen LogP contribution in [0.2, 0.25) is 0 Å².